The maximum absolute atomic E-state index is 12.5. The van der Waals surface area contributed by atoms with Gasteiger partial charge >= 0.3 is 0 Å². The largest absolute Gasteiger partial charge is 0.497 e. The highest BCUT2D eigenvalue weighted by molar-refractivity contribution is 7.10. The Bertz CT molecular complexity index is 909. The number of nitrogens with one attached hydrogen (secondary N) is 1. The van der Waals surface area contributed by atoms with Crippen molar-refractivity contribution in [1.29, 1.82) is 0 Å². The van der Waals surface area contributed by atoms with Crippen LogP contribution >= 0.6 is 11.3 Å². The number of hydrogen-bond donors (Lipinski definition) is 1. The summed E-state index contributed by atoms with van der Waals surface area (Å²) >= 11 is 1.63. The average Bonchev–Trinajstić information content (AvgIpc) is 3.26. The van der Waals surface area contributed by atoms with Crippen LogP contribution in [0.1, 0.15) is 16.1 Å². The molecule has 2 aromatic heterocycles. The van der Waals surface area contributed by atoms with Gasteiger partial charge in [0.2, 0.25) is 5.91 Å². The van der Waals surface area contributed by atoms with Crippen LogP contribution in [0, 0.1) is 0 Å². The summed E-state index contributed by atoms with van der Waals surface area (Å²) in [6.07, 6.45) is 4.41. The number of aromatic nitrogens is 1. The first-order valence-corrected chi connectivity index (χ1v) is 8.80. The Labute approximate surface area is 144 Å². The summed E-state index contributed by atoms with van der Waals surface area (Å²) in [4.78, 5) is 19.0. The molecule has 0 spiro atoms. The molecule has 1 aliphatic rings. The first-order valence-electron chi connectivity index (χ1n) is 7.92. The van der Waals surface area contributed by atoms with Crippen molar-refractivity contribution in [3.8, 4) is 5.75 Å². The van der Waals surface area contributed by atoms with E-state index in [-0.39, 0.29) is 5.91 Å². The third-order valence-corrected chi connectivity index (χ3v) is 5.26. The van der Waals surface area contributed by atoms with Gasteiger partial charge in [0, 0.05) is 52.6 Å². The van der Waals surface area contributed by atoms with E-state index in [2.05, 4.69) is 4.98 Å². The average molecular weight is 338 g/mol. The second-order valence-electron chi connectivity index (χ2n) is 5.85. The van der Waals surface area contributed by atoms with Crippen molar-refractivity contribution in [3.05, 3.63) is 57.9 Å². The fraction of sp³-hybridized carbons (Fsp3) is 0.211. The SMILES string of the molecule is COc1ccc2[nH]c3c(c2c1)CN(C(=O)/C=C/c1cccs1)CC3. The maximum Gasteiger partial charge on any atom is 0.246 e. The second kappa shape index (κ2) is 6.17. The minimum Gasteiger partial charge on any atom is -0.497 e. The lowest BCUT2D eigenvalue weighted by atomic mass is 10.0. The Morgan fingerprint density at radius 3 is 3.08 bits per heavy atom. The van der Waals surface area contributed by atoms with Gasteiger partial charge in [0.25, 0.3) is 0 Å². The minimum atomic E-state index is 0.0614. The fourth-order valence-electron chi connectivity index (χ4n) is 3.15. The predicted molar refractivity (Wildman–Crippen MR) is 97.3 cm³/mol. The molecule has 0 bridgehead atoms. The van der Waals surface area contributed by atoms with Gasteiger partial charge in [0.1, 0.15) is 5.75 Å². The van der Waals surface area contributed by atoms with Gasteiger partial charge in [-0.1, -0.05) is 6.07 Å². The molecule has 1 N–H and O–H groups in total. The van der Waals surface area contributed by atoms with E-state index in [1.54, 1.807) is 24.5 Å². The molecule has 5 heteroatoms. The molecule has 0 saturated carbocycles. The summed E-state index contributed by atoms with van der Waals surface area (Å²) in [5, 5.41) is 3.15. The number of fused-ring (bicyclic) bond motifs is 3. The van der Waals surface area contributed by atoms with Gasteiger partial charge in [-0.05, 0) is 35.7 Å². The van der Waals surface area contributed by atoms with Crippen molar-refractivity contribution in [1.82, 2.24) is 9.88 Å². The van der Waals surface area contributed by atoms with Crippen LogP contribution in [-0.2, 0) is 17.8 Å². The smallest absolute Gasteiger partial charge is 0.246 e. The fourth-order valence-corrected chi connectivity index (χ4v) is 3.77. The van der Waals surface area contributed by atoms with E-state index in [0.29, 0.717) is 6.54 Å². The van der Waals surface area contributed by atoms with Crippen LogP contribution in [-0.4, -0.2) is 29.4 Å². The molecule has 122 valence electrons. The van der Waals surface area contributed by atoms with Crippen LogP contribution in [0.15, 0.2) is 41.8 Å². The normalized spacial score (nSPS) is 14.3. The topological polar surface area (TPSA) is 45.3 Å². The van der Waals surface area contributed by atoms with Gasteiger partial charge in [-0.2, -0.15) is 0 Å². The van der Waals surface area contributed by atoms with E-state index in [0.717, 1.165) is 34.5 Å². The van der Waals surface area contributed by atoms with Gasteiger partial charge < -0.3 is 14.6 Å². The standard InChI is InChI=1S/C19H18N2O2S/c1-23-13-4-6-17-15(11-13)16-12-21(9-8-18(16)20-17)19(22)7-5-14-3-2-10-24-14/h2-7,10-11,20H,8-9,12H2,1H3/b7-5+. The molecule has 0 unspecified atom stereocenters. The quantitative estimate of drug-likeness (QED) is 0.738. The van der Waals surface area contributed by atoms with Gasteiger partial charge in [-0.3, -0.25) is 4.79 Å². The summed E-state index contributed by atoms with van der Waals surface area (Å²) in [5.41, 5.74) is 3.53. The summed E-state index contributed by atoms with van der Waals surface area (Å²) in [6, 6.07) is 10.0. The van der Waals surface area contributed by atoms with Crippen LogP contribution in [0.25, 0.3) is 17.0 Å². The molecule has 24 heavy (non-hydrogen) atoms. The molecule has 0 atom stereocenters. The first-order chi connectivity index (χ1) is 11.7. The number of ether oxygens (including phenoxy) is 1. The molecule has 1 aliphatic heterocycles. The van der Waals surface area contributed by atoms with Gasteiger partial charge in [-0.25, -0.2) is 0 Å². The van der Waals surface area contributed by atoms with Crippen LogP contribution in [0.2, 0.25) is 0 Å². The number of aromatic amines is 1. The van der Waals surface area contributed by atoms with Crippen molar-refractivity contribution in [2.24, 2.45) is 0 Å². The zero-order valence-corrected chi connectivity index (χ0v) is 14.2. The number of thiophene rings is 1. The van der Waals surface area contributed by atoms with Crippen LogP contribution in [0.3, 0.4) is 0 Å². The molecular formula is C19H18N2O2S. The van der Waals surface area contributed by atoms with Crippen LogP contribution in [0.4, 0.5) is 0 Å². The highest BCUT2D eigenvalue weighted by Crippen LogP contribution is 2.30. The molecule has 3 aromatic rings. The molecule has 0 aliphatic carbocycles. The number of H-pyrrole nitrogens is 1. The molecule has 1 aromatic carbocycles. The number of benzene rings is 1. The Hall–Kier alpha value is -2.53. The number of carbonyl (C=O) groups excluding carboxylic acids is 1. The van der Waals surface area contributed by atoms with Crippen molar-refractivity contribution < 1.29 is 9.53 Å². The van der Waals surface area contributed by atoms with E-state index in [1.807, 2.05) is 46.7 Å². The molecular weight excluding hydrogens is 320 g/mol. The summed E-state index contributed by atoms with van der Waals surface area (Å²) in [5.74, 6) is 0.900. The Morgan fingerprint density at radius 1 is 1.38 bits per heavy atom. The van der Waals surface area contributed by atoms with E-state index in [4.69, 9.17) is 4.74 Å². The van der Waals surface area contributed by atoms with E-state index in [1.165, 1.54) is 11.3 Å². The zero-order chi connectivity index (χ0) is 16.5. The molecule has 1 amide bonds. The highest BCUT2D eigenvalue weighted by atomic mass is 32.1. The van der Waals surface area contributed by atoms with Crippen LogP contribution in [0.5, 0.6) is 5.75 Å². The third-order valence-electron chi connectivity index (χ3n) is 4.43. The zero-order valence-electron chi connectivity index (χ0n) is 13.4. The van der Waals surface area contributed by atoms with Crippen LogP contribution < -0.4 is 4.74 Å². The first kappa shape index (κ1) is 15.0. The maximum atomic E-state index is 12.5. The summed E-state index contributed by atoms with van der Waals surface area (Å²) in [7, 11) is 1.67. The summed E-state index contributed by atoms with van der Waals surface area (Å²) in [6.45, 7) is 1.38. The van der Waals surface area contributed by atoms with Crippen molar-refractivity contribution in [3.63, 3.8) is 0 Å². The van der Waals surface area contributed by atoms with Gasteiger partial charge in [0.05, 0.1) is 7.11 Å². The Morgan fingerprint density at radius 2 is 2.29 bits per heavy atom. The van der Waals surface area contributed by atoms with E-state index < -0.39 is 0 Å². The number of methoxy groups -OCH3 is 1. The van der Waals surface area contributed by atoms with Crippen molar-refractivity contribution in [2.75, 3.05) is 13.7 Å². The molecule has 0 saturated heterocycles. The van der Waals surface area contributed by atoms with Gasteiger partial charge in [0.15, 0.2) is 0 Å². The van der Waals surface area contributed by atoms with Crippen molar-refractivity contribution in [2.45, 2.75) is 13.0 Å². The molecule has 3 heterocycles. The number of hydrogen-bond acceptors (Lipinski definition) is 3. The number of carbonyl (C=O) groups is 1. The predicted octanol–water partition coefficient (Wildman–Crippen LogP) is 3.84. The van der Waals surface area contributed by atoms with Crippen molar-refractivity contribution >= 4 is 34.2 Å². The third kappa shape index (κ3) is 2.71. The molecule has 0 fully saturated rings. The van der Waals surface area contributed by atoms with E-state index in [9.17, 15) is 4.79 Å². The number of nitrogens with zero attached hydrogens (tertiary/aromatic N) is 1. The van der Waals surface area contributed by atoms with E-state index >= 15 is 0 Å². The molecule has 4 nitrogen and oxygen atoms in total. The lowest BCUT2D eigenvalue weighted by Gasteiger charge is -2.26. The Kier molecular flexibility index (Phi) is 3.86. The number of amides is 1. The van der Waals surface area contributed by atoms with Gasteiger partial charge in [-0.15, -0.1) is 11.3 Å². The molecule has 0 radical (unpaired) electrons. The lowest BCUT2D eigenvalue weighted by molar-refractivity contribution is -0.126. The highest BCUT2D eigenvalue weighted by Gasteiger charge is 2.23. The second-order valence-corrected chi connectivity index (χ2v) is 6.83. The Balaban J connectivity index is 1.59. The monoisotopic (exact) mass is 338 g/mol. The molecule has 4 rings (SSSR count). The lowest BCUT2D eigenvalue weighted by Crippen LogP contribution is -2.34. The summed E-state index contributed by atoms with van der Waals surface area (Å²) < 4.78 is 5.33. The number of rotatable bonds is 3. The minimum absolute atomic E-state index is 0.0614.